The van der Waals surface area contributed by atoms with Crippen molar-refractivity contribution in [2.45, 2.75) is 58.7 Å². The monoisotopic (exact) mass is 322 g/mol. The Balaban J connectivity index is 1.53. The Kier molecular flexibility index (Phi) is 4.31. The number of aryl methyl sites for hydroxylation is 1. The number of alkyl carbamates (subject to hydrolysis) is 1. The number of hydrogen-bond acceptors (Lipinski definition) is 6. The number of carbonyl (C=O) groups is 1. The molecule has 1 aliphatic carbocycles. The molecule has 0 bridgehead atoms. The van der Waals surface area contributed by atoms with Crippen molar-refractivity contribution in [3.05, 3.63) is 11.7 Å². The molecule has 1 aromatic heterocycles. The van der Waals surface area contributed by atoms with Gasteiger partial charge in [0.05, 0.1) is 6.54 Å². The molecule has 2 aliphatic rings. The Hall–Kier alpha value is -1.63. The Morgan fingerprint density at radius 3 is 2.83 bits per heavy atom. The van der Waals surface area contributed by atoms with Crippen molar-refractivity contribution in [3.8, 4) is 0 Å². The second-order valence-electron chi connectivity index (χ2n) is 7.68. The summed E-state index contributed by atoms with van der Waals surface area (Å²) in [6.07, 6.45) is 1.87. The van der Waals surface area contributed by atoms with E-state index in [-0.39, 0.29) is 12.1 Å². The molecule has 0 aromatic carbocycles. The second-order valence-corrected chi connectivity index (χ2v) is 7.68. The van der Waals surface area contributed by atoms with Gasteiger partial charge < -0.3 is 14.6 Å². The second kappa shape index (κ2) is 6.11. The predicted molar refractivity (Wildman–Crippen MR) is 83.7 cm³/mol. The fourth-order valence-electron chi connectivity index (χ4n) is 3.73. The summed E-state index contributed by atoms with van der Waals surface area (Å²) in [6, 6.07) is 0.201. The van der Waals surface area contributed by atoms with Crippen LogP contribution in [0.4, 0.5) is 4.79 Å². The van der Waals surface area contributed by atoms with Crippen molar-refractivity contribution in [2.75, 3.05) is 13.1 Å². The molecule has 2 heterocycles. The van der Waals surface area contributed by atoms with Gasteiger partial charge in [-0.25, -0.2) is 4.79 Å². The number of rotatable bonds is 3. The van der Waals surface area contributed by atoms with Crippen LogP contribution in [0.5, 0.6) is 0 Å². The number of aromatic nitrogens is 2. The molecule has 1 saturated heterocycles. The van der Waals surface area contributed by atoms with Crippen LogP contribution in [0.25, 0.3) is 0 Å². The van der Waals surface area contributed by atoms with Crippen LogP contribution in [0.15, 0.2) is 4.52 Å². The van der Waals surface area contributed by atoms with Gasteiger partial charge in [-0.2, -0.15) is 4.98 Å². The first-order valence-electron chi connectivity index (χ1n) is 8.31. The minimum atomic E-state index is -0.458. The molecule has 1 aliphatic heterocycles. The third-order valence-electron chi connectivity index (χ3n) is 4.57. The highest BCUT2D eigenvalue weighted by Gasteiger charge is 2.43. The molecule has 1 N–H and O–H groups in total. The van der Waals surface area contributed by atoms with Gasteiger partial charge in [0.25, 0.3) is 0 Å². The maximum atomic E-state index is 12.0. The van der Waals surface area contributed by atoms with Crippen LogP contribution in [0.2, 0.25) is 0 Å². The lowest BCUT2D eigenvalue weighted by Gasteiger charge is -2.24. The summed E-state index contributed by atoms with van der Waals surface area (Å²) in [5.74, 6) is 2.45. The summed E-state index contributed by atoms with van der Waals surface area (Å²) in [4.78, 5) is 18.6. The van der Waals surface area contributed by atoms with E-state index in [0.717, 1.165) is 31.8 Å². The molecule has 128 valence electrons. The van der Waals surface area contributed by atoms with Crippen molar-refractivity contribution >= 4 is 6.09 Å². The van der Waals surface area contributed by atoms with Gasteiger partial charge in [0.1, 0.15) is 5.60 Å². The highest BCUT2D eigenvalue weighted by molar-refractivity contribution is 5.68. The first-order valence-corrected chi connectivity index (χ1v) is 8.31. The van der Waals surface area contributed by atoms with E-state index in [1.165, 1.54) is 0 Å². The SMILES string of the molecule is Cc1nc(CN2CC3CCC(NC(=O)OC(C)(C)C)C3C2)no1. The lowest BCUT2D eigenvalue weighted by molar-refractivity contribution is 0.0491. The third kappa shape index (κ3) is 4.02. The molecule has 2 fully saturated rings. The van der Waals surface area contributed by atoms with Gasteiger partial charge in [0.2, 0.25) is 5.89 Å². The summed E-state index contributed by atoms with van der Waals surface area (Å²) < 4.78 is 10.4. The van der Waals surface area contributed by atoms with E-state index in [9.17, 15) is 4.79 Å². The van der Waals surface area contributed by atoms with E-state index in [1.54, 1.807) is 6.92 Å². The number of likely N-dealkylation sites (tertiary alicyclic amines) is 1. The smallest absolute Gasteiger partial charge is 0.407 e. The van der Waals surface area contributed by atoms with E-state index in [4.69, 9.17) is 9.26 Å². The van der Waals surface area contributed by atoms with E-state index >= 15 is 0 Å². The van der Waals surface area contributed by atoms with Gasteiger partial charge in [-0.3, -0.25) is 4.90 Å². The number of carbonyl (C=O) groups excluding carboxylic acids is 1. The van der Waals surface area contributed by atoms with Crippen LogP contribution in [-0.2, 0) is 11.3 Å². The molecule has 23 heavy (non-hydrogen) atoms. The standard InChI is InChI=1S/C16H26N4O3/c1-10-17-14(19-23-10)9-20-7-11-5-6-13(12(11)8-20)18-15(21)22-16(2,3)4/h11-13H,5-9H2,1-4H3,(H,18,21). The third-order valence-corrected chi connectivity index (χ3v) is 4.57. The van der Waals surface area contributed by atoms with Crippen molar-refractivity contribution in [3.63, 3.8) is 0 Å². The molecule has 7 nitrogen and oxygen atoms in total. The van der Waals surface area contributed by atoms with Gasteiger partial charge in [-0.15, -0.1) is 0 Å². The van der Waals surface area contributed by atoms with E-state index in [2.05, 4.69) is 20.4 Å². The molecule has 3 rings (SSSR count). The van der Waals surface area contributed by atoms with Gasteiger partial charge in [0.15, 0.2) is 5.82 Å². The molecular formula is C16H26N4O3. The number of hydrogen-bond donors (Lipinski definition) is 1. The maximum absolute atomic E-state index is 12.0. The average molecular weight is 322 g/mol. The molecule has 0 radical (unpaired) electrons. The van der Waals surface area contributed by atoms with Crippen molar-refractivity contribution in [2.24, 2.45) is 11.8 Å². The number of amides is 1. The first-order chi connectivity index (χ1) is 10.8. The van der Waals surface area contributed by atoms with Crippen LogP contribution < -0.4 is 5.32 Å². The Labute approximate surface area is 136 Å². The molecule has 1 aromatic rings. The quantitative estimate of drug-likeness (QED) is 0.918. The van der Waals surface area contributed by atoms with E-state index < -0.39 is 5.60 Å². The Morgan fingerprint density at radius 1 is 1.39 bits per heavy atom. The highest BCUT2D eigenvalue weighted by atomic mass is 16.6. The fraction of sp³-hybridized carbons (Fsp3) is 0.812. The largest absolute Gasteiger partial charge is 0.444 e. The summed E-state index contributed by atoms with van der Waals surface area (Å²) in [5, 5.41) is 7.02. The van der Waals surface area contributed by atoms with Crippen molar-refractivity contribution in [1.29, 1.82) is 0 Å². The lowest BCUT2D eigenvalue weighted by atomic mass is 9.98. The zero-order valence-corrected chi connectivity index (χ0v) is 14.3. The average Bonchev–Trinajstić information content (AvgIpc) is 3.06. The fourth-order valence-corrected chi connectivity index (χ4v) is 3.73. The van der Waals surface area contributed by atoms with E-state index in [1.807, 2.05) is 20.8 Å². The number of fused-ring (bicyclic) bond motifs is 1. The molecule has 3 unspecified atom stereocenters. The van der Waals surface area contributed by atoms with Gasteiger partial charge in [0, 0.05) is 26.1 Å². The minimum absolute atomic E-state index is 0.201. The number of nitrogens with zero attached hydrogens (tertiary/aromatic N) is 3. The van der Waals surface area contributed by atoms with Crippen LogP contribution in [0.3, 0.4) is 0 Å². The van der Waals surface area contributed by atoms with Crippen LogP contribution in [-0.4, -0.2) is 45.9 Å². The van der Waals surface area contributed by atoms with Crippen molar-refractivity contribution < 1.29 is 14.1 Å². The minimum Gasteiger partial charge on any atom is -0.444 e. The Bertz CT molecular complexity index is 566. The molecular weight excluding hydrogens is 296 g/mol. The summed E-state index contributed by atoms with van der Waals surface area (Å²) in [5.41, 5.74) is -0.458. The Morgan fingerprint density at radius 2 is 2.17 bits per heavy atom. The zero-order valence-electron chi connectivity index (χ0n) is 14.3. The van der Waals surface area contributed by atoms with Gasteiger partial charge >= 0.3 is 6.09 Å². The highest BCUT2D eigenvalue weighted by Crippen LogP contribution is 2.38. The normalized spacial score (nSPS) is 27.9. The van der Waals surface area contributed by atoms with Crippen LogP contribution >= 0.6 is 0 Å². The van der Waals surface area contributed by atoms with Crippen LogP contribution in [0, 0.1) is 18.8 Å². The molecule has 7 heteroatoms. The first kappa shape index (κ1) is 16.2. The predicted octanol–water partition coefficient (Wildman–Crippen LogP) is 2.11. The summed E-state index contributed by atoms with van der Waals surface area (Å²) >= 11 is 0. The maximum Gasteiger partial charge on any atom is 0.407 e. The topological polar surface area (TPSA) is 80.5 Å². The zero-order chi connectivity index (χ0) is 16.6. The van der Waals surface area contributed by atoms with Gasteiger partial charge in [-0.05, 0) is 45.4 Å². The number of nitrogens with one attached hydrogen (secondary N) is 1. The molecule has 1 amide bonds. The summed E-state index contributed by atoms with van der Waals surface area (Å²) in [6.45, 7) is 10.2. The number of ether oxygens (including phenoxy) is 1. The van der Waals surface area contributed by atoms with E-state index in [0.29, 0.717) is 24.3 Å². The van der Waals surface area contributed by atoms with Crippen LogP contribution in [0.1, 0.15) is 45.3 Å². The van der Waals surface area contributed by atoms with Crippen molar-refractivity contribution in [1.82, 2.24) is 20.4 Å². The summed E-state index contributed by atoms with van der Waals surface area (Å²) in [7, 11) is 0. The lowest BCUT2D eigenvalue weighted by Crippen LogP contribution is -2.42. The molecule has 1 saturated carbocycles. The molecule has 0 spiro atoms. The molecule has 3 atom stereocenters. The van der Waals surface area contributed by atoms with Gasteiger partial charge in [-0.1, -0.05) is 5.16 Å².